The van der Waals surface area contributed by atoms with Gasteiger partial charge in [-0.1, -0.05) is 29.8 Å². The Morgan fingerprint density at radius 3 is 2.29 bits per heavy atom. The average molecular weight is 304 g/mol. The van der Waals surface area contributed by atoms with E-state index < -0.39 is 5.97 Å². The molecule has 5 heteroatoms. The van der Waals surface area contributed by atoms with E-state index in [2.05, 4.69) is 5.32 Å². The van der Waals surface area contributed by atoms with Crippen molar-refractivity contribution in [3.8, 4) is 0 Å². The largest absolute Gasteiger partial charge is 0.478 e. The van der Waals surface area contributed by atoms with Gasteiger partial charge in [0, 0.05) is 10.6 Å². The molecule has 0 saturated carbocycles. The standard InChI is InChI=1S/C16H14ClNO3/c1-9-4-3-5-10(2)14(9)15(19)18-13-8-11(17)6-7-12(13)16(20)21/h3-8H,1-2H3,(H,18,19)(H,20,21). The van der Waals surface area contributed by atoms with Crippen LogP contribution in [0.5, 0.6) is 0 Å². The number of benzene rings is 2. The highest BCUT2D eigenvalue weighted by molar-refractivity contribution is 6.31. The van der Waals surface area contributed by atoms with Gasteiger partial charge in [-0.2, -0.15) is 0 Å². The van der Waals surface area contributed by atoms with Crippen molar-refractivity contribution < 1.29 is 14.7 Å². The van der Waals surface area contributed by atoms with E-state index in [0.717, 1.165) is 11.1 Å². The summed E-state index contributed by atoms with van der Waals surface area (Å²) >= 11 is 5.87. The third-order valence-electron chi connectivity index (χ3n) is 3.17. The summed E-state index contributed by atoms with van der Waals surface area (Å²) in [4.78, 5) is 23.6. The molecule has 21 heavy (non-hydrogen) atoms. The third-order valence-corrected chi connectivity index (χ3v) is 3.40. The molecule has 0 aromatic heterocycles. The highest BCUT2D eigenvalue weighted by atomic mass is 35.5. The van der Waals surface area contributed by atoms with Crippen LogP contribution < -0.4 is 5.32 Å². The van der Waals surface area contributed by atoms with Gasteiger partial charge in [-0.25, -0.2) is 4.79 Å². The maximum Gasteiger partial charge on any atom is 0.337 e. The van der Waals surface area contributed by atoms with Crippen LogP contribution in [0, 0.1) is 13.8 Å². The predicted molar refractivity (Wildman–Crippen MR) is 82.3 cm³/mol. The lowest BCUT2D eigenvalue weighted by molar-refractivity contribution is 0.0698. The van der Waals surface area contributed by atoms with E-state index in [-0.39, 0.29) is 17.2 Å². The van der Waals surface area contributed by atoms with Gasteiger partial charge in [0.1, 0.15) is 0 Å². The van der Waals surface area contributed by atoms with Crippen molar-refractivity contribution in [1.82, 2.24) is 0 Å². The monoisotopic (exact) mass is 303 g/mol. The van der Waals surface area contributed by atoms with Gasteiger partial charge in [-0.15, -0.1) is 0 Å². The Kier molecular flexibility index (Phi) is 4.29. The molecule has 2 N–H and O–H groups in total. The molecule has 0 aliphatic carbocycles. The summed E-state index contributed by atoms with van der Waals surface area (Å²) in [5, 5.41) is 12.1. The molecule has 2 aromatic carbocycles. The highest BCUT2D eigenvalue weighted by Gasteiger charge is 2.16. The Morgan fingerprint density at radius 1 is 1.10 bits per heavy atom. The van der Waals surface area contributed by atoms with Gasteiger partial charge >= 0.3 is 5.97 Å². The van der Waals surface area contributed by atoms with Gasteiger partial charge < -0.3 is 10.4 Å². The van der Waals surface area contributed by atoms with Crippen molar-refractivity contribution in [2.24, 2.45) is 0 Å². The molecule has 0 atom stereocenters. The van der Waals surface area contributed by atoms with E-state index in [1.165, 1.54) is 18.2 Å². The predicted octanol–water partition coefficient (Wildman–Crippen LogP) is 3.91. The first kappa shape index (κ1) is 15.1. The molecule has 108 valence electrons. The topological polar surface area (TPSA) is 66.4 Å². The summed E-state index contributed by atoms with van der Waals surface area (Å²) in [6, 6.07) is 9.79. The minimum Gasteiger partial charge on any atom is -0.478 e. The third kappa shape index (κ3) is 3.23. The molecule has 0 aliphatic heterocycles. The van der Waals surface area contributed by atoms with Crippen LogP contribution in [0.4, 0.5) is 5.69 Å². The van der Waals surface area contributed by atoms with Gasteiger partial charge in [0.2, 0.25) is 0 Å². The van der Waals surface area contributed by atoms with E-state index in [0.29, 0.717) is 10.6 Å². The number of aromatic carboxylic acids is 1. The van der Waals surface area contributed by atoms with Crippen molar-refractivity contribution in [1.29, 1.82) is 0 Å². The average Bonchev–Trinajstić information content (AvgIpc) is 2.38. The molecule has 0 fully saturated rings. The quantitative estimate of drug-likeness (QED) is 0.903. The van der Waals surface area contributed by atoms with Crippen LogP contribution in [-0.2, 0) is 0 Å². The molecule has 0 aliphatic rings. The zero-order valence-corrected chi connectivity index (χ0v) is 12.4. The molecule has 4 nitrogen and oxygen atoms in total. The molecule has 0 unspecified atom stereocenters. The number of carbonyl (C=O) groups excluding carboxylic acids is 1. The number of amides is 1. The van der Waals surface area contributed by atoms with Gasteiger partial charge in [0.05, 0.1) is 11.3 Å². The molecule has 1 amide bonds. The Labute approximate surface area is 127 Å². The van der Waals surface area contributed by atoms with E-state index in [1.54, 1.807) is 0 Å². The first-order chi connectivity index (χ1) is 9.90. The van der Waals surface area contributed by atoms with Crippen LogP contribution in [0.2, 0.25) is 5.02 Å². The zero-order chi connectivity index (χ0) is 15.6. The maximum atomic E-state index is 12.4. The van der Waals surface area contributed by atoms with Crippen LogP contribution in [0.15, 0.2) is 36.4 Å². The number of aryl methyl sites for hydroxylation is 2. The number of rotatable bonds is 3. The van der Waals surface area contributed by atoms with Crippen molar-refractivity contribution in [3.05, 3.63) is 63.7 Å². The summed E-state index contributed by atoms with van der Waals surface area (Å²) in [6.45, 7) is 3.66. The molecule has 0 heterocycles. The Balaban J connectivity index is 2.40. The fourth-order valence-corrected chi connectivity index (χ4v) is 2.34. The van der Waals surface area contributed by atoms with Gasteiger partial charge in [-0.05, 0) is 43.2 Å². The Bertz CT molecular complexity index is 705. The lowest BCUT2D eigenvalue weighted by Crippen LogP contribution is -2.17. The summed E-state index contributed by atoms with van der Waals surface area (Å²) in [6.07, 6.45) is 0. The molecule has 2 rings (SSSR count). The minimum absolute atomic E-state index is 0.000938. The van der Waals surface area contributed by atoms with Crippen LogP contribution >= 0.6 is 11.6 Å². The second-order valence-electron chi connectivity index (χ2n) is 4.72. The fourth-order valence-electron chi connectivity index (χ4n) is 2.16. The lowest BCUT2D eigenvalue weighted by Gasteiger charge is -2.12. The first-order valence-corrected chi connectivity index (χ1v) is 6.68. The van der Waals surface area contributed by atoms with Crippen molar-refractivity contribution in [2.45, 2.75) is 13.8 Å². The minimum atomic E-state index is -1.12. The Hall–Kier alpha value is -2.33. The van der Waals surface area contributed by atoms with Crippen molar-refractivity contribution >= 4 is 29.2 Å². The molecule has 2 aromatic rings. The summed E-state index contributed by atoms with van der Waals surface area (Å²) in [7, 11) is 0. The van der Waals surface area contributed by atoms with Crippen LogP contribution in [0.3, 0.4) is 0 Å². The molecule has 0 bridgehead atoms. The Morgan fingerprint density at radius 2 is 1.71 bits per heavy atom. The van der Waals surface area contributed by atoms with Crippen LogP contribution in [0.1, 0.15) is 31.8 Å². The molecule has 0 spiro atoms. The smallest absolute Gasteiger partial charge is 0.337 e. The maximum absolute atomic E-state index is 12.4. The molecule has 0 radical (unpaired) electrons. The lowest BCUT2D eigenvalue weighted by atomic mass is 10.0. The number of hydrogen-bond donors (Lipinski definition) is 2. The van der Waals surface area contributed by atoms with Gasteiger partial charge in [0.25, 0.3) is 5.91 Å². The highest BCUT2D eigenvalue weighted by Crippen LogP contribution is 2.23. The summed E-state index contributed by atoms with van der Waals surface area (Å²) in [5.41, 5.74) is 2.37. The molecular formula is C16H14ClNO3. The number of carboxylic acid groups (broad SMARTS) is 1. The molecule has 0 saturated heterocycles. The van der Waals surface area contributed by atoms with E-state index in [9.17, 15) is 9.59 Å². The van der Waals surface area contributed by atoms with Crippen molar-refractivity contribution in [2.75, 3.05) is 5.32 Å². The number of carbonyl (C=O) groups is 2. The van der Waals surface area contributed by atoms with E-state index in [4.69, 9.17) is 16.7 Å². The van der Waals surface area contributed by atoms with Crippen molar-refractivity contribution in [3.63, 3.8) is 0 Å². The fraction of sp³-hybridized carbons (Fsp3) is 0.125. The van der Waals surface area contributed by atoms with Crippen LogP contribution in [-0.4, -0.2) is 17.0 Å². The molecular weight excluding hydrogens is 290 g/mol. The van der Waals surface area contributed by atoms with E-state index in [1.807, 2.05) is 32.0 Å². The zero-order valence-electron chi connectivity index (χ0n) is 11.6. The number of carboxylic acids is 1. The van der Waals surface area contributed by atoms with E-state index >= 15 is 0 Å². The first-order valence-electron chi connectivity index (χ1n) is 6.30. The van der Waals surface area contributed by atoms with Crippen LogP contribution in [0.25, 0.3) is 0 Å². The summed E-state index contributed by atoms with van der Waals surface area (Å²) in [5.74, 6) is -1.47. The van der Waals surface area contributed by atoms with Gasteiger partial charge in [0.15, 0.2) is 0 Å². The number of nitrogens with one attached hydrogen (secondary N) is 1. The SMILES string of the molecule is Cc1cccc(C)c1C(=O)Nc1cc(Cl)ccc1C(=O)O. The second kappa shape index (κ2) is 5.97. The number of hydrogen-bond acceptors (Lipinski definition) is 2. The number of anilines is 1. The number of halogens is 1. The summed E-state index contributed by atoms with van der Waals surface area (Å²) < 4.78 is 0. The second-order valence-corrected chi connectivity index (χ2v) is 5.15. The van der Waals surface area contributed by atoms with Gasteiger partial charge in [-0.3, -0.25) is 4.79 Å². The normalized spacial score (nSPS) is 10.2.